The Morgan fingerprint density at radius 3 is 2.47 bits per heavy atom. The number of hydrogen-bond donors (Lipinski definition) is 0. The van der Waals surface area contributed by atoms with Gasteiger partial charge in [-0.15, -0.1) is 0 Å². The number of aromatic nitrogens is 2. The number of piperazine rings is 1. The van der Waals surface area contributed by atoms with Crippen molar-refractivity contribution in [2.24, 2.45) is 7.05 Å². The third-order valence-electron chi connectivity index (χ3n) is 4.18. The van der Waals surface area contributed by atoms with Crippen molar-refractivity contribution in [3.63, 3.8) is 0 Å². The predicted octanol–water partition coefficient (Wildman–Crippen LogP) is 1.38. The van der Waals surface area contributed by atoms with Crippen LogP contribution in [0.5, 0.6) is 0 Å². The molecule has 6 heteroatoms. The number of carbonyl (C=O) groups excluding carboxylic acids is 1. The summed E-state index contributed by atoms with van der Waals surface area (Å²) in [5.41, 5.74) is 0.376. The summed E-state index contributed by atoms with van der Waals surface area (Å²) in [6, 6.07) is 0.760. The fourth-order valence-electron chi connectivity index (χ4n) is 2.80. The molecule has 1 saturated carbocycles. The van der Waals surface area contributed by atoms with E-state index in [-0.39, 0.29) is 5.91 Å². The topological polar surface area (TPSA) is 41.4 Å². The molecule has 0 unspecified atom stereocenters. The molecule has 5 nitrogen and oxygen atoms in total. The third-order valence-corrected chi connectivity index (χ3v) is 4.46. The molecule has 0 aromatic carbocycles. The van der Waals surface area contributed by atoms with Gasteiger partial charge in [-0.25, -0.2) is 0 Å². The first-order valence-corrected chi connectivity index (χ1v) is 7.25. The van der Waals surface area contributed by atoms with Gasteiger partial charge in [0, 0.05) is 45.5 Å². The van der Waals surface area contributed by atoms with Crippen LogP contribution < -0.4 is 0 Å². The molecule has 1 aromatic rings. The quantitative estimate of drug-likeness (QED) is 0.823. The zero-order chi connectivity index (χ0) is 13.4. The van der Waals surface area contributed by atoms with Crippen LogP contribution in [0.1, 0.15) is 29.8 Å². The summed E-state index contributed by atoms with van der Waals surface area (Å²) in [7, 11) is 1.77. The van der Waals surface area contributed by atoms with Crippen molar-refractivity contribution >= 4 is 17.5 Å². The normalized spacial score (nSPS) is 21.5. The monoisotopic (exact) mass is 282 g/mol. The van der Waals surface area contributed by atoms with Gasteiger partial charge in [0.1, 0.15) is 0 Å². The second-order valence-corrected chi connectivity index (χ2v) is 5.82. The summed E-state index contributed by atoms with van der Waals surface area (Å²) in [5.74, 6) is -0.0427. The summed E-state index contributed by atoms with van der Waals surface area (Å²) in [5, 5.41) is 4.59. The van der Waals surface area contributed by atoms with Gasteiger partial charge in [0.15, 0.2) is 5.69 Å². The minimum atomic E-state index is -0.0427. The molecule has 0 bridgehead atoms. The summed E-state index contributed by atoms with van der Waals surface area (Å²) < 4.78 is 1.58. The van der Waals surface area contributed by atoms with Crippen LogP contribution >= 0.6 is 11.6 Å². The van der Waals surface area contributed by atoms with Crippen LogP contribution in [-0.2, 0) is 7.05 Å². The highest BCUT2D eigenvalue weighted by molar-refractivity contribution is 6.33. The maximum absolute atomic E-state index is 12.3. The molecule has 0 N–H and O–H groups in total. The molecule has 1 aromatic heterocycles. The van der Waals surface area contributed by atoms with E-state index in [0.717, 1.165) is 32.2 Å². The van der Waals surface area contributed by atoms with Crippen molar-refractivity contribution in [3.05, 3.63) is 16.9 Å². The summed E-state index contributed by atoms with van der Waals surface area (Å²) in [4.78, 5) is 16.7. The molecule has 1 saturated heterocycles. The minimum Gasteiger partial charge on any atom is -0.335 e. The molecule has 19 heavy (non-hydrogen) atoms. The van der Waals surface area contributed by atoms with E-state index in [9.17, 15) is 4.79 Å². The van der Waals surface area contributed by atoms with Crippen LogP contribution in [0, 0.1) is 0 Å². The number of aryl methyl sites for hydroxylation is 1. The molecule has 0 atom stereocenters. The van der Waals surface area contributed by atoms with E-state index in [2.05, 4.69) is 10.00 Å². The molecule has 2 fully saturated rings. The van der Waals surface area contributed by atoms with Gasteiger partial charge in [-0.1, -0.05) is 18.0 Å². The number of halogens is 1. The lowest BCUT2D eigenvalue weighted by molar-refractivity contribution is 0.0451. The lowest BCUT2D eigenvalue weighted by Crippen LogP contribution is -2.53. The minimum absolute atomic E-state index is 0.0427. The summed E-state index contributed by atoms with van der Waals surface area (Å²) in [6.45, 7) is 3.51. The first-order valence-electron chi connectivity index (χ1n) is 6.87. The molecule has 3 rings (SSSR count). The van der Waals surface area contributed by atoms with E-state index in [0.29, 0.717) is 10.7 Å². The van der Waals surface area contributed by atoms with Crippen LogP contribution in [-0.4, -0.2) is 57.7 Å². The smallest absolute Gasteiger partial charge is 0.276 e. The lowest BCUT2D eigenvalue weighted by Gasteiger charge is -2.42. The number of nitrogens with zero attached hydrogens (tertiary/aromatic N) is 4. The van der Waals surface area contributed by atoms with Gasteiger partial charge in [-0.2, -0.15) is 5.10 Å². The third kappa shape index (κ3) is 2.49. The average molecular weight is 283 g/mol. The lowest BCUT2D eigenvalue weighted by atomic mass is 9.91. The largest absolute Gasteiger partial charge is 0.335 e. The molecule has 2 aliphatic rings. The van der Waals surface area contributed by atoms with Gasteiger partial charge >= 0.3 is 0 Å². The molecular formula is C13H19ClN4O. The van der Waals surface area contributed by atoms with Gasteiger partial charge in [0.05, 0.1) is 5.02 Å². The van der Waals surface area contributed by atoms with E-state index in [1.165, 1.54) is 19.3 Å². The van der Waals surface area contributed by atoms with Gasteiger partial charge in [0.25, 0.3) is 5.91 Å². The van der Waals surface area contributed by atoms with Crippen LogP contribution in [0.3, 0.4) is 0 Å². The summed E-state index contributed by atoms with van der Waals surface area (Å²) >= 11 is 6.03. The standard InChI is InChI=1S/C13H19ClN4O/c1-16-9-11(14)12(15-16)13(19)18-7-5-17(6-8-18)10-3-2-4-10/h9-10H,2-8H2,1H3. The molecule has 2 heterocycles. The molecule has 0 radical (unpaired) electrons. The van der Waals surface area contributed by atoms with Crippen LogP contribution in [0.25, 0.3) is 0 Å². The van der Waals surface area contributed by atoms with Crippen LogP contribution in [0.15, 0.2) is 6.20 Å². The first kappa shape index (κ1) is 12.9. The number of hydrogen-bond acceptors (Lipinski definition) is 3. The van der Waals surface area contributed by atoms with Crippen molar-refractivity contribution in [2.45, 2.75) is 25.3 Å². The predicted molar refractivity (Wildman–Crippen MR) is 73.3 cm³/mol. The molecule has 0 spiro atoms. The van der Waals surface area contributed by atoms with Crippen molar-refractivity contribution in [2.75, 3.05) is 26.2 Å². The Morgan fingerprint density at radius 1 is 1.32 bits per heavy atom. The van der Waals surface area contributed by atoms with Gasteiger partial charge in [-0.3, -0.25) is 14.4 Å². The second-order valence-electron chi connectivity index (χ2n) is 5.41. The Labute approximate surface area is 118 Å². The van der Waals surface area contributed by atoms with Crippen molar-refractivity contribution in [1.29, 1.82) is 0 Å². The van der Waals surface area contributed by atoms with Crippen molar-refractivity contribution in [3.8, 4) is 0 Å². The van der Waals surface area contributed by atoms with Gasteiger partial charge in [-0.05, 0) is 12.8 Å². The van der Waals surface area contributed by atoms with E-state index in [4.69, 9.17) is 11.6 Å². The van der Waals surface area contributed by atoms with E-state index in [1.807, 2.05) is 4.90 Å². The molecule has 1 amide bonds. The maximum atomic E-state index is 12.3. The highest BCUT2D eigenvalue weighted by atomic mass is 35.5. The average Bonchev–Trinajstić information content (AvgIpc) is 2.66. The number of rotatable bonds is 2. The van der Waals surface area contributed by atoms with E-state index >= 15 is 0 Å². The second kappa shape index (κ2) is 5.13. The fourth-order valence-corrected chi connectivity index (χ4v) is 3.06. The van der Waals surface area contributed by atoms with Gasteiger partial charge in [0.2, 0.25) is 0 Å². The first-order chi connectivity index (χ1) is 9.15. The van der Waals surface area contributed by atoms with Crippen molar-refractivity contribution < 1.29 is 4.79 Å². The Hall–Kier alpha value is -1.07. The number of amides is 1. The Bertz CT molecular complexity index is 475. The highest BCUT2D eigenvalue weighted by Crippen LogP contribution is 2.26. The zero-order valence-electron chi connectivity index (χ0n) is 11.2. The van der Waals surface area contributed by atoms with Gasteiger partial charge < -0.3 is 4.90 Å². The van der Waals surface area contributed by atoms with Crippen LogP contribution in [0.4, 0.5) is 0 Å². The van der Waals surface area contributed by atoms with Crippen molar-refractivity contribution in [1.82, 2.24) is 19.6 Å². The molecule has 1 aliphatic carbocycles. The SMILES string of the molecule is Cn1cc(Cl)c(C(=O)N2CCN(C3CCC3)CC2)n1. The Morgan fingerprint density at radius 2 is 2.00 bits per heavy atom. The summed E-state index contributed by atoms with van der Waals surface area (Å²) in [6.07, 6.45) is 5.66. The molecule has 1 aliphatic heterocycles. The fraction of sp³-hybridized carbons (Fsp3) is 0.692. The molecule has 104 valence electrons. The Balaban J connectivity index is 1.61. The Kier molecular flexibility index (Phi) is 3.50. The maximum Gasteiger partial charge on any atom is 0.276 e. The van der Waals surface area contributed by atoms with Crippen LogP contribution in [0.2, 0.25) is 5.02 Å². The molecular weight excluding hydrogens is 264 g/mol. The van der Waals surface area contributed by atoms with E-state index < -0.39 is 0 Å². The highest BCUT2D eigenvalue weighted by Gasteiger charge is 2.30. The van der Waals surface area contributed by atoms with E-state index in [1.54, 1.807) is 17.9 Å². The zero-order valence-corrected chi connectivity index (χ0v) is 11.9. The number of carbonyl (C=O) groups is 1.